The van der Waals surface area contributed by atoms with E-state index in [0.29, 0.717) is 12.8 Å². The molecule has 6 atom stereocenters. The van der Waals surface area contributed by atoms with E-state index < -0.39 is 36.2 Å². The molecule has 2 fully saturated rings. The molecule has 2 heterocycles. The van der Waals surface area contributed by atoms with Gasteiger partial charge in [-0.15, -0.1) is 0 Å². The zero-order chi connectivity index (χ0) is 21.6. The minimum atomic E-state index is -1.43. The van der Waals surface area contributed by atoms with Crippen molar-refractivity contribution in [3.8, 4) is 0 Å². The van der Waals surface area contributed by atoms with Crippen molar-refractivity contribution in [3.05, 3.63) is 0 Å². The SMILES string of the molecule is CC(C)(C)C[C@@H](C[C@H](N1C[C@@H](O)[C@@H](O)C1=O)C(C)(C)C)N1C[C@@H](O)[C@@H](O)C1=O. The van der Waals surface area contributed by atoms with E-state index in [4.69, 9.17) is 0 Å². The molecule has 2 rings (SSSR count). The normalized spacial score (nSPS) is 31.6. The van der Waals surface area contributed by atoms with Crippen LogP contribution in [0.4, 0.5) is 0 Å². The number of rotatable bonds is 5. The molecule has 0 aromatic heterocycles. The highest BCUT2D eigenvalue weighted by Gasteiger charge is 2.48. The van der Waals surface area contributed by atoms with Crippen molar-refractivity contribution in [3.63, 3.8) is 0 Å². The first-order valence-corrected chi connectivity index (χ1v) is 9.96. The summed E-state index contributed by atoms with van der Waals surface area (Å²) in [6.45, 7) is 12.2. The maximum absolute atomic E-state index is 12.5. The van der Waals surface area contributed by atoms with Crippen LogP contribution in [0.5, 0.6) is 0 Å². The zero-order valence-electron chi connectivity index (χ0n) is 17.8. The second kappa shape index (κ2) is 7.89. The van der Waals surface area contributed by atoms with Crippen molar-refractivity contribution < 1.29 is 30.0 Å². The van der Waals surface area contributed by atoms with E-state index in [9.17, 15) is 30.0 Å². The maximum Gasteiger partial charge on any atom is 0.254 e. The van der Waals surface area contributed by atoms with Crippen molar-refractivity contribution >= 4 is 11.8 Å². The van der Waals surface area contributed by atoms with Crippen LogP contribution in [0.3, 0.4) is 0 Å². The van der Waals surface area contributed by atoms with Crippen molar-refractivity contribution in [2.75, 3.05) is 13.1 Å². The second-order valence-electron chi connectivity index (χ2n) is 10.5. The van der Waals surface area contributed by atoms with Crippen LogP contribution in [-0.4, -0.2) is 91.6 Å². The topological polar surface area (TPSA) is 122 Å². The Hall–Kier alpha value is -1.22. The van der Waals surface area contributed by atoms with Crippen LogP contribution in [0.15, 0.2) is 0 Å². The molecule has 4 N–H and O–H groups in total. The van der Waals surface area contributed by atoms with E-state index in [1.54, 1.807) is 0 Å². The number of hydrogen-bond donors (Lipinski definition) is 4. The van der Waals surface area contributed by atoms with E-state index in [0.717, 1.165) is 0 Å². The van der Waals surface area contributed by atoms with Crippen LogP contribution in [0.25, 0.3) is 0 Å². The predicted octanol–water partition coefficient (Wildman–Crippen LogP) is -0.276. The molecule has 0 radical (unpaired) electrons. The summed E-state index contributed by atoms with van der Waals surface area (Å²) in [5.74, 6) is -1.00. The Morgan fingerprint density at radius 1 is 0.857 bits per heavy atom. The lowest BCUT2D eigenvalue weighted by molar-refractivity contribution is -0.141. The molecule has 2 saturated heterocycles. The van der Waals surface area contributed by atoms with Gasteiger partial charge >= 0.3 is 0 Å². The van der Waals surface area contributed by atoms with Gasteiger partial charge in [-0.05, 0) is 23.7 Å². The van der Waals surface area contributed by atoms with E-state index >= 15 is 0 Å². The molecular weight excluding hydrogens is 364 g/mol. The summed E-state index contributed by atoms with van der Waals surface area (Å²) in [5, 5.41) is 39.8. The number of hydrogen-bond acceptors (Lipinski definition) is 6. The van der Waals surface area contributed by atoms with Crippen molar-refractivity contribution in [2.45, 2.75) is 90.9 Å². The highest BCUT2D eigenvalue weighted by atomic mass is 16.3. The standard InChI is InChI=1S/C20H36N2O6/c1-19(2,3)8-11(21-9-12(23)15(25)17(21)27)7-14(20(4,5)6)22-10-13(24)16(26)18(22)28/h11-16,23-26H,7-10H2,1-6H3/t11-,12-,13-,14+,15-,16-/m1/s1. The third-order valence-corrected chi connectivity index (χ3v) is 5.73. The number of carbonyl (C=O) groups is 2. The van der Waals surface area contributed by atoms with Gasteiger partial charge in [0.2, 0.25) is 0 Å². The van der Waals surface area contributed by atoms with Gasteiger partial charge in [-0.3, -0.25) is 9.59 Å². The van der Waals surface area contributed by atoms with Crippen molar-refractivity contribution in [1.29, 1.82) is 0 Å². The number of likely N-dealkylation sites (tertiary alicyclic amines) is 2. The van der Waals surface area contributed by atoms with E-state index in [-0.39, 0.29) is 36.0 Å². The van der Waals surface area contributed by atoms with Crippen molar-refractivity contribution in [1.82, 2.24) is 9.80 Å². The van der Waals surface area contributed by atoms with Gasteiger partial charge in [0.15, 0.2) is 12.2 Å². The minimum Gasteiger partial charge on any atom is -0.388 e. The molecule has 162 valence electrons. The quantitative estimate of drug-likeness (QED) is 0.504. The summed E-state index contributed by atoms with van der Waals surface area (Å²) in [4.78, 5) is 28.1. The number of aliphatic hydroxyl groups is 4. The average Bonchev–Trinajstić information content (AvgIpc) is 2.94. The van der Waals surface area contributed by atoms with Crippen LogP contribution in [-0.2, 0) is 9.59 Å². The molecule has 0 spiro atoms. The first-order valence-electron chi connectivity index (χ1n) is 9.96. The number of amides is 2. The van der Waals surface area contributed by atoms with E-state index in [1.165, 1.54) is 9.80 Å². The third-order valence-electron chi connectivity index (χ3n) is 5.73. The molecule has 2 amide bonds. The monoisotopic (exact) mass is 400 g/mol. The smallest absolute Gasteiger partial charge is 0.254 e. The third kappa shape index (κ3) is 4.84. The molecule has 28 heavy (non-hydrogen) atoms. The second-order valence-corrected chi connectivity index (χ2v) is 10.5. The van der Waals surface area contributed by atoms with Gasteiger partial charge < -0.3 is 30.2 Å². The maximum atomic E-state index is 12.5. The Morgan fingerprint density at radius 3 is 1.61 bits per heavy atom. The van der Waals surface area contributed by atoms with E-state index in [2.05, 4.69) is 0 Å². The zero-order valence-corrected chi connectivity index (χ0v) is 17.8. The van der Waals surface area contributed by atoms with Gasteiger partial charge in [0.05, 0.1) is 13.1 Å². The molecular formula is C20H36N2O6. The van der Waals surface area contributed by atoms with Crippen LogP contribution >= 0.6 is 0 Å². The molecule has 2 aliphatic rings. The summed E-state index contributed by atoms with van der Waals surface area (Å²) >= 11 is 0. The summed E-state index contributed by atoms with van der Waals surface area (Å²) in [6, 6.07) is -0.631. The Morgan fingerprint density at radius 2 is 1.29 bits per heavy atom. The van der Waals surface area contributed by atoms with Crippen LogP contribution in [0.1, 0.15) is 54.4 Å². The first kappa shape index (κ1) is 23.1. The number of β-amino-alcohol motifs (C(OH)–C–C–N with tert-alkyl or cyclic N) is 2. The average molecular weight is 401 g/mol. The molecule has 8 heteroatoms. The lowest BCUT2D eigenvalue weighted by atomic mass is 9.78. The van der Waals surface area contributed by atoms with Gasteiger partial charge in [0.1, 0.15) is 12.2 Å². The van der Waals surface area contributed by atoms with Crippen LogP contribution in [0, 0.1) is 10.8 Å². The van der Waals surface area contributed by atoms with Gasteiger partial charge in [-0.1, -0.05) is 41.5 Å². The van der Waals surface area contributed by atoms with Gasteiger partial charge in [0.25, 0.3) is 11.8 Å². The van der Waals surface area contributed by atoms with Gasteiger partial charge in [-0.25, -0.2) is 0 Å². The number of carbonyl (C=O) groups excluding carboxylic acids is 2. The van der Waals surface area contributed by atoms with Crippen LogP contribution < -0.4 is 0 Å². The Bertz CT molecular complexity index is 596. The molecule has 0 aliphatic carbocycles. The predicted molar refractivity (Wildman–Crippen MR) is 103 cm³/mol. The summed E-state index contributed by atoms with van der Waals surface area (Å²) in [5.41, 5.74) is -0.491. The Balaban J connectivity index is 2.33. The molecule has 0 unspecified atom stereocenters. The first-order chi connectivity index (χ1) is 12.6. The molecule has 2 aliphatic heterocycles. The number of nitrogens with zero attached hydrogens (tertiary/aromatic N) is 2. The molecule has 0 bridgehead atoms. The largest absolute Gasteiger partial charge is 0.388 e. The highest BCUT2D eigenvalue weighted by Crippen LogP contribution is 2.36. The highest BCUT2D eigenvalue weighted by molar-refractivity contribution is 5.85. The molecule has 0 aromatic rings. The molecule has 0 saturated carbocycles. The fraction of sp³-hybridized carbons (Fsp3) is 0.900. The minimum absolute atomic E-state index is 0.0450. The van der Waals surface area contributed by atoms with Crippen LogP contribution in [0.2, 0.25) is 0 Å². The fourth-order valence-electron chi connectivity index (χ4n) is 4.30. The fourth-order valence-corrected chi connectivity index (χ4v) is 4.30. The lowest BCUT2D eigenvalue weighted by Gasteiger charge is -2.43. The van der Waals surface area contributed by atoms with E-state index in [1.807, 2.05) is 41.5 Å². The Labute approximate surface area is 167 Å². The summed E-state index contributed by atoms with van der Waals surface area (Å²) < 4.78 is 0. The molecule has 0 aromatic carbocycles. The molecule has 8 nitrogen and oxygen atoms in total. The lowest BCUT2D eigenvalue weighted by Crippen LogP contribution is -2.51. The summed E-state index contributed by atoms with van der Waals surface area (Å²) in [7, 11) is 0. The summed E-state index contributed by atoms with van der Waals surface area (Å²) in [6.07, 6.45) is -4.05. The van der Waals surface area contributed by atoms with Gasteiger partial charge in [-0.2, -0.15) is 0 Å². The van der Waals surface area contributed by atoms with Crippen molar-refractivity contribution in [2.24, 2.45) is 10.8 Å². The number of aliphatic hydroxyl groups excluding tert-OH is 4. The Kier molecular flexibility index (Phi) is 6.50. The van der Waals surface area contributed by atoms with Gasteiger partial charge in [0, 0.05) is 12.1 Å².